The van der Waals surface area contributed by atoms with Gasteiger partial charge >= 0.3 is 0 Å². The highest BCUT2D eigenvalue weighted by Gasteiger charge is 2.36. The van der Waals surface area contributed by atoms with Gasteiger partial charge in [-0.15, -0.1) is 0 Å². The predicted octanol–water partition coefficient (Wildman–Crippen LogP) is 2.78. The number of nitrogens with zero attached hydrogens (tertiary/aromatic N) is 1. The summed E-state index contributed by atoms with van der Waals surface area (Å²) in [5.41, 5.74) is 0.540. The predicted molar refractivity (Wildman–Crippen MR) is 87.4 cm³/mol. The Labute approximate surface area is 130 Å². The third-order valence-corrected chi connectivity index (χ3v) is 6.13. The molecule has 21 heavy (non-hydrogen) atoms. The maximum absolute atomic E-state index is 9.76. The summed E-state index contributed by atoms with van der Waals surface area (Å²) in [6.45, 7) is 6.89. The van der Waals surface area contributed by atoms with E-state index in [9.17, 15) is 5.11 Å². The zero-order valence-electron chi connectivity index (χ0n) is 13.8. The topological polar surface area (TPSA) is 35.5 Å². The van der Waals surface area contributed by atoms with Crippen LogP contribution in [-0.4, -0.2) is 48.3 Å². The molecule has 1 saturated heterocycles. The summed E-state index contributed by atoms with van der Waals surface area (Å²) in [5, 5.41) is 13.6. The molecule has 1 atom stereocenters. The Hall–Kier alpha value is -0.120. The second-order valence-electron chi connectivity index (χ2n) is 8.07. The molecule has 1 aliphatic heterocycles. The van der Waals surface area contributed by atoms with Crippen molar-refractivity contribution in [2.24, 2.45) is 11.3 Å². The van der Waals surface area contributed by atoms with E-state index in [1.54, 1.807) is 0 Å². The number of piperidine rings is 1. The van der Waals surface area contributed by atoms with Crippen LogP contribution in [0, 0.1) is 11.3 Å². The molecule has 0 aromatic carbocycles. The van der Waals surface area contributed by atoms with Gasteiger partial charge in [0.15, 0.2) is 0 Å². The fourth-order valence-corrected chi connectivity index (χ4v) is 4.41. The van der Waals surface area contributed by atoms with Gasteiger partial charge in [0, 0.05) is 19.1 Å². The molecule has 3 heteroatoms. The summed E-state index contributed by atoms with van der Waals surface area (Å²) in [4.78, 5) is 2.69. The highest BCUT2D eigenvalue weighted by atomic mass is 16.3. The van der Waals surface area contributed by atoms with Gasteiger partial charge in [-0.3, -0.25) is 0 Å². The molecule has 0 radical (unpaired) electrons. The van der Waals surface area contributed by atoms with Crippen molar-refractivity contribution in [3.63, 3.8) is 0 Å². The van der Waals surface area contributed by atoms with E-state index in [4.69, 9.17) is 0 Å². The van der Waals surface area contributed by atoms with Crippen LogP contribution < -0.4 is 5.32 Å². The van der Waals surface area contributed by atoms with Crippen LogP contribution in [0.3, 0.4) is 0 Å². The first kappa shape index (κ1) is 15.8. The number of aliphatic hydroxyl groups is 1. The molecule has 1 heterocycles. The molecule has 0 spiro atoms. The van der Waals surface area contributed by atoms with E-state index in [1.807, 2.05) is 6.92 Å². The van der Waals surface area contributed by atoms with Crippen molar-refractivity contribution in [3.05, 3.63) is 0 Å². The Morgan fingerprint density at radius 1 is 1.10 bits per heavy atom. The van der Waals surface area contributed by atoms with Crippen LogP contribution in [0.4, 0.5) is 0 Å². The minimum absolute atomic E-state index is 0.118. The lowest BCUT2D eigenvalue weighted by molar-refractivity contribution is 0.0412. The lowest BCUT2D eigenvalue weighted by Gasteiger charge is -2.44. The molecule has 0 aromatic heterocycles. The van der Waals surface area contributed by atoms with Gasteiger partial charge in [-0.05, 0) is 69.9 Å². The molecule has 3 nitrogen and oxygen atoms in total. The van der Waals surface area contributed by atoms with Crippen LogP contribution in [0.15, 0.2) is 0 Å². The van der Waals surface area contributed by atoms with E-state index in [-0.39, 0.29) is 6.10 Å². The number of hydrogen-bond acceptors (Lipinski definition) is 3. The molecule has 122 valence electrons. The third-order valence-electron chi connectivity index (χ3n) is 6.13. The van der Waals surface area contributed by atoms with Gasteiger partial charge in [-0.2, -0.15) is 0 Å². The molecule has 0 amide bonds. The van der Waals surface area contributed by atoms with Gasteiger partial charge in [0.1, 0.15) is 0 Å². The van der Waals surface area contributed by atoms with Crippen molar-refractivity contribution < 1.29 is 5.11 Å². The minimum atomic E-state index is -0.118. The van der Waals surface area contributed by atoms with E-state index in [0.29, 0.717) is 11.3 Å². The van der Waals surface area contributed by atoms with Crippen molar-refractivity contribution in [1.29, 1.82) is 0 Å². The Balaban J connectivity index is 1.51. The van der Waals surface area contributed by atoms with Crippen molar-refractivity contribution in [2.45, 2.75) is 76.9 Å². The van der Waals surface area contributed by atoms with Crippen LogP contribution in [0.5, 0.6) is 0 Å². The van der Waals surface area contributed by atoms with Gasteiger partial charge in [0.2, 0.25) is 0 Å². The van der Waals surface area contributed by atoms with Crippen LogP contribution >= 0.6 is 0 Å². The van der Waals surface area contributed by atoms with Crippen molar-refractivity contribution >= 4 is 0 Å². The zero-order chi connectivity index (χ0) is 14.7. The molecular formula is C18H34N2O. The van der Waals surface area contributed by atoms with E-state index < -0.39 is 0 Å². The highest BCUT2D eigenvalue weighted by Crippen LogP contribution is 2.38. The number of nitrogens with one attached hydrogen (secondary N) is 1. The first-order chi connectivity index (χ1) is 10.2. The molecule has 3 rings (SSSR count). The average molecular weight is 294 g/mol. The maximum Gasteiger partial charge on any atom is 0.0541 e. The van der Waals surface area contributed by atoms with Crippen LogP contribution in [0.1, 0.15) is 64.7 Å². The van der Waals surface area contributed by atoms with Gasteiger partial charge in [0.05, 0.1) is 6.10 Å². The average Bonchev–Trinajstić information content (AvgIpc) is 3.31. The molecule has 3 fully saturated rings. The Morgan fingerprint density at radius 3 is 2.33 bits per heavy atom. The Morgan fingerprint density at radius 2 is 1.76 bits per heavy atom. The molecule has 2 N–H and O–H groups in total. The second kappa shape index (κ2) is 6.97. The highest BCUT2D eigenvalue weighted by molar-refractivity contribution is 4.92. The molecule has 0 bridgehead atoms. The summed E-state index contributed by atoms with van der Waals surface area (Å²) in [6, 6.07) is 0.838. The van der Waals surface area contributed by atoms with Gasteiger partial charge in [-0.25, -0.2) is 0 Å². The van der Waals surface area contributed by atoms with Crippen molar-refractivity contribution in [2.75, 3.05) is 26.2 Å². The summed E-state index contributed by atoms with van der Waals surface area (Å²) >= 11 is 0. The summed E-state index contributed by atoms with van der Waals surface area (Å²) in [7, 11) is 0. The van der Waals surface area contributed by atoms with Crippen LogP contribution in [0.2, 0.25) is 0 Å². The number of likely N-dealkylation sites (tertiary alicyclic amines) is 1. The molecule has 3 aliphatic rings. The summed E-state index contributed by atoms with van der Waals surface area (Å²) < 4.78 is 0. The molecule has 0 aromatic rings. The van der Waals surface area contributed by atoms with E-state index in [1.165, 1.54) is 84.0 Å². The first-order valence-electron chi connectivity index (χ1n) is 9.31. The molecule has 2 aliphatic carbocycles. The molecule has 2 saturated carbocycles. The molecule has 1 unspecified atom stereocenters. The molecular weight excluding hydrogens is 260 g/mol. The quantitative estimate of drug-likeness (QED) is 0.791. The lowest BCUT2D eigenvalue weighted by atomic mass is 9.73. The third kappa shape index (κ3) is 4.43. The zero-order valence-corrected chi connectivity index (χ0v) is 13.8. The van der Waals surface area contributed by atoms with Gasteiger partial charge in [-0.1, -0.05) is 19.3 Å². The van der Waals surface area contributed by atoms with E-state index >= 15 is 0 Å². The SMILES string of the molecule is CC(O)C1CCN(CC2(CNC3CC3)CCCCC2)CC1. The Bertz CT molecular complexity index is 313. The normalized spacial score (nSPS) is 29.4. The van der Waals surface area contributed by atoms with Gasteiger partial charge in [0.25, 0.3) is 0 Å². The fraction of sp³-hybridized carbons (Fsp3) is 1.00. The summed E-state index contributed by atoms with van der Waals surface area (Å²) in [6.07, 6.45) is 12.2. The van der Waals surface area contributed by atoms with Crippen LogP contribution in [0.25, 0.3) is 0 Å². The van der Waals surface area contributed by atoms with Crippen LogP contribution in [-0.2, 0) is 0 Å². The second-order valence-corrected chi connectivity index (χ2v) is 8.07. The standard InChI is InChI=1S/C18H34N2O/c1-15(21)16-7-11-20(12-8-16)14-18(9-3-2-4-10-18)13-19-17-5-6-17/h15-17,19,21H,2-14H2,1H3. The van der Waals surface area contributed by atoms with E-state index in [2.05, 4.69) is 10.2 Å². The fourth-order valence-electron chi connectivity index (χ4n) is 4.41. The summed E-state index contributed by atoms with van der Waals surface area (Å²) in [5.74, 6) is 0.535. The number of aliphatic hydroxyl groups excluding tert-OH is 1. The van der Waals surface area contributed by atoms with Crippen molar-refractivity contribution in [3.8, 4) is 0 Å². The Kier molecular flexibility index (Phi) is 5.23. The smallest absolute Gasteiger partial charge is 0.0541 e. The van der Waals surface area contributed by atoms with Crippen molar-refractivity contribution in [1.82, 2.24) is 10.2 Å². The first-order valence-corrected chi connectivity index (χ1v) is 9.31. The minimum Gasteiger partial charge on any atom is -0.393 e. The van der Waals surface area contributed by atoms with E-state index in [0.717, 1.165) is 6.04 Å². The monoisotopic (exact) mass is 294 g/mol. The largest absolute Gasteiger partial charge is 0.393 e. The lowest BCUT2D eigenvalue weighted by Crippen LogP contribution is -2.48. The number of hydrogen-bond donors (Lipinski definition) is 2. The number of rotatable bonds is 6. The maximum atomic E-state index is 9.76. The van der Waals surface area contributed by atoms with Gasteiger partial charge < -0.3 is 15.3 Å².